The Bertz CT molecular complexity index is 410. The lowest BCUT2D eigenvalue weighted by Crippen LogP contribution is -2.38. The van der Waals surface area contributed by atoms with Crippen molar-refractivity contribution in [1.82, 2.24) is 5.32 Å². The Morgan fingerprint density at radius 1 is 1.53 bits per heavy atom. The molecule has 0 spiro atoms. The molecule has 0 radical (unpaired) electrons. The normalized spacial score (nSPS) is 18.8. The molecule has 0 aromatic heterocycles. The molecule has 1 N–H and O–H groups in total. The van der Waals surface area contributed by atoms with Gasteiger partial charge in [0.25, 0.3) is 0 Å². The molecule has 1 aliphatic rings. The molecule has 1 fully saturated rings. The molecule has 1 aliphatic heterocycles. The van der Waals surface area contributed by atoms with Gasteiger partial charge in [0.05, 0.1) is 5.02 Å². The zero-order valence-electron chi connectivity index (χ0n) is 11.2. The highest BCUT2D eigenvalue weighted by atomic mass is 35.5. The van der Waals surface area contributed by atoms with E-state index in [-0.39, 0.29) is 10.8 Å². The van der Waals surface area contributed by atoms with Crippen LogP contribution in [0.15, 0.2) is 18.2 Å². The van der Waals surface area contributed by atoms with Crippen molar-refractivity contribution in [3.8, 4) is 0 Å². The van der Waals surface area contributed by atoms with Crippen LogP contribution < -0.4 is 10.2 Å². The van der Waals surface area contributed by atoms with Crippen LogP contribution >= 0.6 is 11.6 Å². The molecule has 1 heterocycles. The Kier molecular flexibility index (Phi) is 5.43. The minimum Gasteiger partial charge on any atom is -0.385 e. The van der Waals surface area contributed by atoms with Crippen molar-refractivity contribution in [3.63, 3.8) is 0 Å². The molecule has 3 nitrogen and oxygen atoms in total. The van der Waals surface area contributed by atoms with Crippen molar-refractivity contribution in [1.29, 1.82) is 0 Å². The summed E-state index contributed by atoms with van der Waals surface area (Å²) in [5.74, 6) is -0.369. The van der Waals surface area contributed by atoms with Crippen LogP contribution in [0.3, 0.4) is 0 Å². The highest BCUT2D eigenvalue weighted by Gasteiger charge is 2.22. The topological polar surface area (TPSA) is 24.5 Å². The van der Waals surface area contributed by atoms with Crippen molar-refractivity contribution < 1.29 is 9.13 Å². The number of hydrogen-bond donors (Lipinski definition) is 1. The Hall–Kier alpha value is -0.840. The number of halogens is 2. The second-order valence-electron chi connectivity index (χ2n) is 4.78. The van der Waals surface area contributed by atoms with Gasteiger partial charge in [0.15, 0.2) is 0 Å². The van der Waals surface area contributed by atoms with Crippen LogP contribution in [-0.4, -0.2) is 39.4 Å². The highest BCUT2D eigenvalue weighted by molar-refractivity contribution is 6.31. The van der Waals surface area contributed by atoms with Crippen LogP contribution in [0.25, 0.3) is 0 Å². The van der Waals surface area contributed by atoms with Crippen LogP contribution in [0.4, 0.5) is 10.1 Å². The van der Waals surface area contributed by atoms with Crippen LogP contribution in [0, 0.1) is 5.82 Å². The van der Waals surface area contributed by atoms with E-state index in [1.165, 1.54) is 6.07 Å². The van der Waals surface area contributed by atoms with E-state index in [1.807, 2.05) is 0 Å². The first-order valence-electron chi connectivity index (χ1n) is 6.63. The van der Waals surface area contributed by atoms with Gasteiger partial charge < -0.3 is 15.0 Å². The maximum Gasteiger partial charge on any atom is 0.141 e. The average Bonchev–Trinajstić information content (AvgIpc) is 2.92. The van der Waals surface area contributed by atoms with Gasteiger partial charge in [0.2, 0.25) is 0 Å². The van der Waals surface area contributed by atoms with Crippen LogP contribution in [-0.2, 0) is 4.74 Å². The third-order valence-electron chi connectivity index (χ3n) is 3.46. The molecular formula is C14H20ClFN2O. The smallest absolute Gasteiger partial charge is 0.141 e. The van der Waals surface area contributed by atoms with E-state index in [9.17, 15) is 4.39 Å². The fourth-order valence-corrected chi connectivity index (χ4v) is 2.65. The van der Waals surface area contributed by atoms with Gasteiger partial charge in [-0.05, 0) is 37.6 Å². The molecule has 106 valence electrons. The summed E-state index contributed by atoms with van der Waals surface area (Å²) in [7, 11) is 1.70. The van der Waals surface area contributed by atoms with Crippen molar-refractivity contribution in [2.75, 3.05) is 38.3 Å². The molecule has 5 heteroatoms. The number of hydrogen-bond acceptors (Lipinski definition) is 3. The summed E-state index contributed by atoms with van der Waals surface area (Å²) >= 11 is 5.88. The molecule has 0 amide bonds. The standard InChI is InChI=1S/C14H20ClFN2O/c1-19-8-2-7-18(12-5-6-17-10-12)11-3-4-14(16)13(15)9-11/h3-4,9,12,17H,2,5-8,10H2,1H3. The van der Waals surface area contributed by atoms with Gasteiger partial charge in [0, 0.05) is 38.5 Å². The SMILES string of the molecule is COCCCN(c1ccc(F)c(Cl)c1)C1CCNC1. The molecule has 19 heavy (non-hydrogen) atoms. The Morgan fingerprint density at radius 2 is 2.37 bits per heavy atom. The number of anilines is 1. The number of nitrogens with zero attached hydrogens (tertiary/aromatic N) is 1. The molecule has 1 saturated heterocycles. The van der Waals surface area contributed by atoms with E-state index in [0.717, 1.165) is 44.8 Å². The van der Waals surface area contributed by atoms with Gasteiger partial charge in [0.1, 0.15) is 5.82 Å². The predicted molar refractivity (Wildman–Crippen MR) is 76.5 cm³/mol. The summed E-state index contributed by atoms with van der Waals surface area (Å²) < 4.78 is 18.4. The summed E-state index contributed by atoms with van der Waals surface area (Å²) in [5.41, 5.74) is 0.983. The van der Waals surface area contributed by atoms with Crippen LogP contribution in [0.5, 0.6) is 0 Å². The van der Waals surface area contributed by atoms with Gasteiger partial charge in [-0.2, -0.15) is 0 Å². The minimum absolute atomic E-state index is 0.181. The van der Waals surface area contributed by atoms with Crippen molar-refractivity contribution in [2.45, 2.75) is 18.9 Å². The molecule has 1 unspecified atom stereocenters. The Morgan fingerprint density at radius 3 is 3.00 bits per heavy atom. The molecule has 0 aliphatic carbocycles. The monoisotopic (exact) mass is 286 g/mol. The van der Waals surface area contributed by atoms with Gasteiger partial charge in [-0.25, -0.2) is 4.39 Å². The minimum atomic E-state index is -0.369. The summed E-state index contributed by atoms with van der Waals surface area (Å²) in [6, 6.07) is 5.39. The third kappa shape index (κ3) is 3.81. The van der Waals surface area contributed by atoms with Gasteiger partial charge >= 0.3 is 0 Å². The highest BCUT2D eigenvalue weighted by Crippen LogP contribution is 2.26. The van der Waals surface area contributed by atoms with E-state index in [1.54, 1.807) is 19.2 Å². The first-order chi connectivity index (χ1) is 9.22. The zero-order chi connectivity index (χ0) is 13.7. The first-order valence-corrected chi connectivity index (χ1v) is 7.01. The summed E-state index contributed by atoms with van der Waals surface area (Å²) in [5, 5.41) is 3.54. The van der Waals surface area contributed by atoms with E-state index < -0.39 is 0 Å². The summed E-state index contributed by atoms with van der Waals surface area (Å²) in [6.45, 7) is 3.61. The molecule has 1 aromatic rings. The Labute approximate surface area is 118 Å². The quantitative estimate of drug-likeness (QED) is 0.814. The molecule has 0 saturated carbocycles. The number of methoxy groups -OCH3 is 1. The van der Waals surface area contributed by atoms with E-state index in [0.29, 0.717) is 6.04 Å². The van der Waals surface area contributed by atoms with Gasteiger partial charge in [-0.3, -0.25) is 0 Å². The van der Waals surface area contributed by atoms with Crippen molar-refractivity contribution in [2.24, 2.45) is 0 Å². The molecule has 2 rings (SSSR count). The maximum atomic E-state index is 13.3. The lowest BCUT2D eigenvalue weighted by Gasteiger charge is -2.31. The molecule has 1 aromatic carbocycles. The number of benzene rings is 1. The zero-order valence-corrected chi connectivity index (χ0v) is 11.9. The average molecular weight is 287 g/mol. The third-order valence-corrected chi connectivity index (χ3v) is 3.75. The lowest BCUT2D eigenvalue weighted by molar-refractivity contribution is 0.195. The summed E-state index contributed by atoms with van der Waals surface area (Å²) in [6.07, 6.45) is 2.05. The van der Waals surface area contributed by atoms with Crippen LogP contribution in [0.1, 0.15) is 12.8 Å². The maximum absolute atomic E-state index is 13.3. The van der Waals surface area contributed by atoms with Gasteiger partial charge in [-0.15, -0.1) is 0 Å². The van der Waals surface area contributed by atoms with Gasteiger partial charge in [-0.1, -0.05) is 11.6 Å². The van der Waals surface area contributed by atoms with E-state index in [2.05, 4.69) is 10.2 Å². The van der Waals surface area contributed by atoms with Crippen molar-refractivity contribution in [3.05, 3.63) is 29.0 Å². The lowest BCUT2D eigenvalue weighted by atomic mass is 10.1. The number of rotatable bonds is 6. The fourth-order valence-electron chi connectivity index (χ4n) is 2.47. The molecule has 0 bridgehead atoms. The van der Waals surface area contributed by atoms with Crippen LogP contribution in [0.2, 0.25) is 5.02 Å². The second kappa shape index (κ2) is 7.08. The molecular weight excluding hydrogens is 267 g/mol. The van der Waals surface area contributed by atoms with E-state index >= 15 is 0 Å². The Balaban J connectivity index is 2.12. The number of ether oxygens (including phenoxy) is 1. The fraction of sp³-hybridized carbons (Fsp3) is 0.571. The predicted octanol–water partition coefficient (Wildman–Crippen LogP) is 2.68. The molecule has 1 atom stereocenters. The second-order valence-corrected chi connectivity index (χ2v) is 5.19. The van der Waals surface area contributed by atoms with E-state index in [4.69, 9.17) is 16.3 Å². The number of nitrogens with one attached hydrogen (secondary N) is 1. The summed E-state index contributed by atoms with van der Waals surface area (Å²) in [4.78, 5) is 2.30. The first kappa shape index (κ1) is 14.6. The largest absolute Gasteiger partial charge is 0.385 e. The van der Waals surface area contributed by atoms with Crippen molar-refractivity contribution >= 4 is 17.3 Å².